The van der Waals surface area contributed by atoms with Gasteiger partial charge in [-0.05, 0) is 19.3 Å². The highest BCUT2D eigenvalue weighted by molar-refractivity contribution is 5.79. The van der Waals surface area contributed by atoms with Crippen molar-refractivity contribution in [2.24, 2.45) is 0 Å². The molecule has 0 aromatic rings. The molecule has 7 nitrogen and oxygen atoms in total. The maximum absolute atomic E-state index is 11.1. The third-order valence-corrected chi connectivity index (χ3v) is 2.24. The molecule has 0 radical (unpaired) electrons. The zero-order valence-electron chi connectivity index (χ0n) is 10.2. The Hall–Kier alpha value is -1.76. The van der Waals surface area contributed by atoms with Crippen LogP contribution in [0.1, 0.15) is 19.3 Å². The third-order valence-electron chi connectivity index (χ3n) is 2.24. The van der Waals surface area contributed by atoms with Crippen LogP contribution < -0.4 is 16.0 Å². The van der Waals surface area contributed by atoms with Crippen LogP contribution in [0.5, 0.6) is 0 Å². The van der Waals surface area contributed by atoms with Gasteiger partial charge in [0.2, 0.25) is 12.3 Å². The smallest absolute Gasteiger partial charge is 0.239 e. The van der Waals surface area contributed by atoms with E-state index in [-0.39, 0.29) is 25.0 Å². The average Bonchev–Trinajstić information content (AvgIpc) is 2.39. The Morgan fingerprint density at radius 1 is 1.17 bits per heavy atom. The summed E-state index contributed by atoms with van der Waals surface area (Å²) in [6.45, 7) is 0.636. The summed E-state index contributed by atoms with van der Waals surface area (Å²) in [5, 5.41) is 7.66. The lowest BCUT2D eigenvalue weighted by Crippen LogP contribution is -2.34. The van der Waals surface area contributed by atoms with Crippen molar-refractivity contribution in [3.63, 3.8) is 0 Å². The van der Waals surface area contributed by atoms with Crippen LogP contribution >= 0.6 is 0 Å². The summed E-state index contributed by atoms with van der Waals surface area (Å²) in [7, 11) is 0. The van der Waals surface area contributed by atoms with E-state index >= 15 is 0 Å². The molecule has 0 saturated heterocycles. The zero-order chi connectivity index (χ0) is 13.6. The lowest BCUT2D eigenvalue weighted by atomic mass is 10.1. The monoisotopic (exact) mass is 257 g/mol. The molecule has 0 aliphatic heterocycles. The van der Waals surface area contributed by atoms with Crippen molar-refractivity contribution >= 4 is 24.9 Å². The van der Waals surface area contributed by atoms with Crippen molar-refractivity contribution in [2.45, 2.75) is 25.3 Å². The first-order chi connectivity index (χ1) is 8.74. The lowest BCUT2D eigenvalue weighted by molar-refractivity contribution is -0.122. The number of hydrogen-bond acceptors (Lipinski definition) is 5. The second kappa shape index (κ2) is 11.7. The van der Waals surface area contributed by atoms with Gasteiger partial charge in [0.05, 0.1) is 19.1 Å². The molecule has 0 aromatic heterocycles. The molecule has 1 unspecified atom stereocenters. The highest BCUT2D eigenvalue weighted by Gasteiger charge is 2.05. The van der Waals surface area contributed by atoms with Gasteiger partial charge < -0.3 is 25.5 Å². The van der Waals surface area contributed by atoms with E-state index in [1.807, 2.05) is 0 Å². The SMILES string of the molecule is O=CCNC(C=O)CCCCNC(=O)CNC=O. The summed E-state index contributed by atoms with van der Waals surface area (Å²) in [6, 6.07) is -0.317. The largest absolute Gasteiger partial charge is 0.355 e. The predicted molar refractivity (Wildman–Crippen MR) is 64.8 cm³/mol. The Morgan fingerprint density at radius 3 is 2.56 bits per heavy atom. The van der Waals surface area contributed by atoms with E-state index in [1.54, 1.807) is 0 Å². The lowest BCUT2D eigenvalue weighted by Gasteiger charge is -2.10. The molecule has 0 rings (SSSR count). The first kappa shape index (κ1) is 16.2. The van der Waals surface area contributed by atoms with E-state index in [0.717, 1.165) is 19.1 Å². The summed E-state index contributed by atoms with van der Waals surface area (Å²) in [5.41, 5.74) is 0. The molecule has 2 amide bonds. The molecule has 18 heavy (non-hydrogen) atoms. The molecule has 0 saturated carbocycles. The van der Waals surface area contributed by atoms with Gasteiger partial charge in [-0.1, -0.05) is 0 Å². The quantitative estimate of drug-likeness (QED) is 0.288. The number of carbonyl (C=O) groups excluding carboxylic acids is 4. The van der Waals surface area contributed by atoms with Crippen LogP contribution in [0.15, 0.2) is 0 Å². The van der Waals surface area contributed by atoms with Crippen molar-refractivity contribution in [3.05, 3.63) is 0 Å². The Kier molecular flexibility index (Phi) is 10.6. The van der Waals surface area contributed by atoms with Gasteiger partial charge in [0, 0.05) is 6.54 Å². The Bertz CT molecular complexity index is 271. The van der Waals surface area contributed by atoms with Gasteiger partial charge in [0.15, 0.2) is 0 Å². The van der Waals surface area contributed by atoms with Crippen LogP contribution in [0.3, 0.4) is 0 Å². The molecular weight excluding hydrogens is 238 g/mol. The van der Waals surface area contributed by atoms with Crippen molar-refractivity contribution in [3.8, 4) is 0 Å². The van der Waals surface area contributed by atoms with Gasteiger partial charge in [-0.25, -0.2) is 0 Å². The minimum Gasteiger partial charge on any atom is -0.355 e. The molecule has 0 aliphatic carbocycles. The van der Waals surface area contributed by atoms with E-state index < -0.39 is 0 Å². The van der Waals surface area contributed by atoms with E-state index in [2.05, 4.69) is 16.0 Å². The first-order valence-electron chi connectivity index (χ1n) is 5.80. The molecule has 0 aromatic carbocycles. The van der Waals surface area contributed by atoms with Gasteiger partial charge in [-0.15, -0.1) is 0 Å². The fourth-order valence-electron chi connectivity index (χ4n) is 1.33. The second-order valence-corrected chi connectivity index (χ2v) is 3.66. The molecule has 0 heterocycles. The van der Waals surface area contributed by atoms with E-state index in [4.69, 9.17) is 0 Å². The van der Waals surface area contributed by atoms with Gasteiger partial charge in [-0.3, -0.25) is 9.59 Å². The van der Waals surface area contributed by atoms with Gasteiger partial charge in [0.1, 0.15) is 12.6 Å². The van der Waals surface area contributed by atoms with Crippen LogP contribution in [0.25, 0.3) is 0 Å². The minimum absolute atomic E-state index is 0.0264. The Balaban J connectivity index is 3.47. The molecule has 1 atom stereocenters. The number of nitrogens with one attached hydrogen (secondary N) is 3. The summed E-state index contributed by atoms with van der Waals surface area (Å²) in [6.07, 6.45) is 4.07. The zero-order valence-corrected chi connectivity index (χ0v) is 10.2. The number of carbonyl (C=O) groups is 4. The van der Waals surface area contributed by atoms with Gasteiger partial charge in [0.25, 0.3) is 0 Å². The topological polar surface area (TPSA) is 104 Å². The van der Waals surface area contributed by atoms with E-state index in [1.165, 1.54) is 0 Å². The molecular formula is C11H19N3O4. The predicted octanol–water partition coefficient (Wildman–Crippen LogP) is -1.63. The van der Waals surface area contributed by atoms with Crippen LogP contribution in [0, 0.1) is 0 Å². The fraction of sp³-hybridized carbons (Fsp3) is 0.636. The summed E-state index contributed by atoms with van der Waals surface area (Å²) >= 11 is 0. The van der Waals surface area contributed by atoms with E-state index in [9.17, 15) is 19.2 Å². The summed E-state index contributed by atoms with van der Waals surface area (Å²) in [5.74, 6) is -0.242. The van der Waals surface area contributed by atoms with Crippen molar-refractivity contribution < 1.29 is 19.2 Å². The van der Waals surface area contributed by atoms with Crippen LogP contribution in [0.2, 0.25) is 0 Å². The fourth-order valence-corrected chi connectivity index (χ4v) is 1.33. The highest BCUT2D eigenvalue weighted by atomic mass is 16.2. The standard InChI is InChI=1S/C11H19N3O4/c15-6-5-13-10(8-16)3-1-2-4-14-11(18)7-12-9-17/h6,8-10,13H,1-5,7H2,(H,12,17)(H,14,18). The number of hydrogen-bond donors (Lipinski definition) is 3. The molecule has 102 valence electrons. The molecule has 0 bridgehead atoms. The van der Waals surface area contributed by atoms with E-state index in [0.29, 0.717) is 25.7 Å². The first-order valence-corrected chi connectivity index (χ1v) is 5.80. The van der Waals surface area contributed by atoms with Crippen LogP contribution in [0.4, 0.5) is 0 Å². The van der Waals surface area contributed by atoms with Crippen LogP contribution in [-0.4, -0.2) is 50.6 Å². The number of amides is 2. The van der Waals surface area contributed by atoms with Crippen molar-refractivity contribution in [2.75, 3.05) is 19.6 Å². The number of rotatable bonds is 12. The second-order valence-electron chi connectivity index (χ2n) is 3.66. The summed E-state index contributed by atoms with van der Waals surface area (Å²) < 4.78 is 0. The van der Waals surface area contributed by atoms with Crippen molar-refractivity contribution in [1.82, 2.24) is 16.0 Å². The normalized spacial score (nSPS) is 11.3. The third kappa shape index (κ3) is 9.46. The van der Waals surface area contributed by atoms with Gasteiger partial charge in [-0.2, -0.15) is 0 Å². The molecule has 0 aliphatic rings. The van der Waals surface area contributed by atoms with Crippen molar-refractivity contribution in [1.29, 1.82) is 0 Å². The summed E-state index contributed by atoms with van der Waals surface area (Å²) in [4.78, 5) is 41.7. The Labute approximate surface area is 106 Å². The maximum Gasteiger partial charge on any atom is 0.239 e. The minimum atomic E-state index is -0.317. The molecule has 0 fully saturated rings. The number of unbranched alkanes of at least 4 members (excludes halogenated alkanes) is 1. The average molecular weight is 257 g/mol. The molecule has 3 N–H and O–H groups in total. The highest BCUT2D eigenvalue weighted by Crippen LogP contribution is 1.98. The number of aldehydes is 2. The Morgan fingerprint density at radius 2 is 1.94 bits per heavy atom. The molecule has 0 spiro atoms. The van der Waals surface area contributed by atoms with Gasteiger partial charge >= 0.3 is 0 Å². The molecule has 7 heteroatoms. The van der Waals surface area contributed by atoms with Crippen LogP contribution in [-0.2, 0) is 19.2 Å². The maximum atomic E-state index is 11.1.